The first-order valence-electron chi connectivity index (χ1n) is 7.90. The zero-order valence-corrected chi connectivity index (χ0v) is 14.1. The van der Waals surface area contributed by atoms with Gasteiger partial charge in [0.2, 0.25) is 0 Å². The van der Waals surface area contributed by atoms with Gasteiger partial charge in [0.25, 0.3) is 0 Å². The smallest absolute Gasteiger partial charge is 0.338 e. The van der Waals surface area contributed by atoms with Crippen molar-refractivity contribution in [1.82, 2.24) is 9.78 Å². The molecule has 122 valence electrons. The van der Waals surface area contributed by atoms with E-state index in [4.69, 9.17) is 4.74 Å². The van der Waals surface area contributed by atoms with Gasteiger partial charge in [-0.15, -0.1) is 0 Å². The van der Waals surface area contributed by atoms with E-state index in [9.17, 15) is 4.79 Å². The maximum Gasteiger partial charge on any atom is 0.338 e. The van der Waals surface area contributed by atoms with Gasteiger partial charge in [-0.3, -0.25) is 0 Å². The van der Waals surface area contributed by atoms with Crippen molar-refractivity contribution in [2.24, 2.45) is 0 Å². The lowest BCUT2D eigenvalue weighted by Gasteiger charge is -2.08. The van der Waals surface area contributed by atoms with Crippen LogP contribution in [0.25, 0.3) is 5.69 Å². The highest BCUT2D eigenvalue weighted by Crippen LogP contribution is 2.18. The van der Waals surface area contributed by atoms with Gasteiger partial charge in [-0.05, 0) is 50.1 Å². The van der Waals surface area contributed by atoms with E-state index in [1.54, 1.807) is 6.07 Å². The first kappa shape index (κ1) is 16.0. The SMILES string of the molecule is Cc1nn(-c2cccc(C(=O)OCc3ccccc3)c2)c(C)c1C. The molecule has 3 aromatic rings. The largest absolute Gasteiger partial charge is 0.457 e. The topological polar surface area (TPSA) is 44.1 Å². The predicted molar refractivity (Wildman–Crippen MR) is 93.3 cm³/mol. The average Bonchev–Trinajstić information content (AvgIpc) is 2.88. The van der Waals surface area contributed by atoms with E-state index in [2.05, 4.69) is 5.10 Å². The molecule has 0 bridgehead atoms. The minimum absolute atomic E-state index is 0.267. The van der Waals surface area contributed by atoms with Crippen LogP contribution < -0.4 is 0 Å². The number of hydrogen-bond donors (Lipinski definition) is 0. The molecule has 0 radical (unpaired) electrons. The average molecular weight is 320 g/mol. The van der Waals surface area contributed by atoms with Gasteiger partial charge < -0.3 is 4.74 Å². The molecule has 24 heavy (non-hydrogen) atoms. The Morgan fingerprint density at radius 1 is 1.04 bits per heavy atom. The van der Waals surface area contributed by atoms with E-state index in [1.807, 2.05) is 74.0 Å². The number of esters is 1. The van der Waals surface area contributed by atoms with Crippen molar-refractivity contribution in [3.05, 3.63) is 82.7 Å². The van der Waals surface area contributed by atoms with Gasteiger partial charge in [0.15, 0.2) is 0 Å². The van der Waals surface area contributed by atoms with Crippen LogP contribution >= 0.6 is 0 Å². The monoisotopic (exact) mass is 320 g/mol. The van der Waals surface area contributed by atoms with Crippen LogP contribution in [0.5, 0.6) is 0 Å². The van der Waals surface area contributed by atoms with Crippen LogP contribution in [0.2, 0.25) is 0 Å². The van der Waals surface area contributed by atoms with Gasteiger partial charge in [0, 0.05) is 5.69 Å². The quantitative estimate of drug-likeness (QED) is 0.678. The van der Waals surface area contributed by atoms with Crippen LogP contribution in [0.1, 0.15) is 32.9 Å². The van der Waals surface area contributed by atoms with Gasteiger partial charge >= 0.3 is 5.97 Å². The van der Waals surface area contributed by atoms with Crippen molar-refractivity contribution >= 4 is 5.97 Å². The summed E-state index contributed by atoms with van der Waals surface area (Å²) in [6.07, 6.45) is 0. The molecule has 4 heteroatoms. The van der Waals surface area contributed by atoms with Gasteiger partial charge in [-0.2, -0.15) is 5.10 Å². The zero-order chi connectivity index (χ0) is 17.1. The normalized spacial score (nSPS) is 10.6. The maximum atomic E-state index is 12.3. The molecule has 0 atom stereocenters. The molecule has 0 amide bonds. The molecule has 0 saturated heterocycles. The van der Waals surface area contributed by atoms with Crippen molar-refractivity contribution in [2.75, 3.05) is 0 Å². The summed E-state index contributed by atoms with van der Waals surface area (Å²) in [6, 6.07) is 17.0. The van der Waals surface area contributed by atoms with Gasteiger partial charge in [-0.1, -0.05) is 36.4 Å². The fraction of sp³-hybridized carbons (Fsp3) is 0.200. The van der Waals surface area contributed by atoms with E-state index < -0.39 is 0 Å². The van der Waals surface area contributed by atoms with Crippen LogP contribution in [0, 0.1) is 20.8 Å². The lowest BCUT2D eigenvalue weighted by molar-refractivity contribution is 0.0472. The van der Waals surface area contributed by atoms with Crippen molar-refractivity contribution in [3.8, 4) is 5.69 Å². The lowest BCUT2D eigenvalue weighted by atomic mass is 10.2. The summed E-state index contributed by atoms with van der Waals surface area (Å²) in [5, 5.41) is 4.54. The summed E-state index contributed by atoms with van der Waals surface area (Å²) in [5.41, 5.74) is 5.57. The summed E-state index contributed by atoms with van der Waals surface area (Å²) in [7, 11) is 0. The van der Waals surface area contributed by atoms with Crippen LogP contribution in [-0.4, -0.2) is 15.7 Å². The number of aryl methyl sites for hydroxylation is 1. The lowest BCUT2D eigenvalue weighted by Crippen LogP contribution is -2.07. The minimum atomic E-state index is -0.334. The minimum Gasteiger partial charge on any atom is -0.457 e. The Balaban J connectivity index is 1.80. The highest BCUT2D eigenvalue weighted by molar-refractivity contribution is 5.90. The molecule has 2 aromatic carbocycles. The molecule has 1 heterocycles. The molecule has 1 aromatic heterocycles. The second-order valence-electron chi connectivity index (χ2n) is 5.82. The molecule has 0 aliphatic heterocycles. The molecule has 3 rings (SSSR count). The molecule has 0 fully saturated rings. The number of aromatic nitrogens is 2. The van der Waals surface area contributed by atoms with Crippen molar-refractivity contribution < 1.29 is 9.53 Å². The Labute approximate surface area is 141 Å². The third kappa shape index (κ3) is 3.23. The third-order valence-electron chi connectivity index (χ3n) is 4.19. The Bertz CT molecular complexity index is 867. The fourth-order valence-corrected chi connectivity index (χ4v) is 2.54. The number of benzene rings is 2. The molecule has 0 N–H and O–H groups in total. The molecule has 0 saturated carbocycles. The number of carbonyl (C=O) groups is 1. The van der Waals surface area contributed by atoms with E-state index in [0.29, 0.717) is 5.56 Å². The molecule has 0 aliphatic carbocycles. The number of nitrogens with zero attached hydrogens (tertiary/aromatic N) is 2. The maximum absolute atomic E-state index is 12.3. The Kier molecular flexibility index (Phi) is 4.47. The summed E-state index contributed by atoms with van der Waals surface area (Å²) in [5.74, 6) is -0.334. The summed E-state index contributed by atoms with van der Waals surface area (Å²) < 4.78 is 7.26. The predicted octanol–water partition coefficient (Wildman–Crippen LogP) is 4.15. The first-order valence-corrected chi connectivity index (χ1v) is 7.90. The molecule has 0 unspecified atom stereocenters. The molecule has 4 nitrogen and oxygen atoms in total. The van der Waals surface area contributed by atoms with E-state index >= 15 is 0 Å². The number of carbonyl (C=O) groups excluding carboxylic acids is 1. The zero-order valence-electron chi connectivity index (χ0n) is 14.1. The van der Waals surface area contributed by atoms with Gasteiger partial charge in [-0.25, -0.2) is 9.48 Å². The fourth-order valence-electron chi connectivity index (χ4n) is 2.54. The second-order valence-corrected chi connectivity index (χ2v) is 5.82. The Hall–Kier alpha value is -2.88. The Morgan fingerprint density at radius 3 is 2.46 bits per heavy atom. The molecule has 0 spiro atoms. The summed E-state index contributed by atoms with van der Waals surface area (Å²) in [4.78, 5) is 12.3. The molecular formula is C20H20N2O2. The van der Waals surface area contributed by atoms with Crippen molar-refractivity contribution in [3.63, 3.8) is 0 Å². The highest BCUT2D eigenvalue weighted by Gasteiger charge is 2.12. The highest BCUT2D eigenvalue weighted by atomic mass is 16.5. The summed E-state index contributed by atoms with van der Waals surface area (Å²) >= 11 is 0. The second kappa shape index (κ2) is 6.71. The number of ether oxygens (including phenoxy) is 1. The van der Waals surface area contributed by atoms with Crippen LogP contribution in [0.15, 0.2) is 54.6 Å². The van der Waals surface area contributed by atoms with Crippen LogP contribution in [-0.2, 0) is 11.3 Å². The van der Waals surface area contributed by atoms with E-state index in [0.717, 1.165) is 28.2 Å². The summed E-state index contributed by atoms with van der Waals surface area (Å²) in [6.45, 7) is 6.32. The van der Waals surface area contributed by atoms with Gasteiger partial charge in [0.05, 0.1) is 16.9 Å². The van der Waals surface area contributed by atoms with Crippen molar-refractivity contribution in [2.45, 2.75) is 27.4 Å². The molecular weight excluding hydrogens is 300 g/mol. The van der Waals surface area contributed by atoms with Crippen LogP contribution in [0.3, 0.4) is 0 Å². The first-order chi connectivity index (χ1) is 11.6. The third-order valence-corrected chi connectivity index (χ3v) is 4.19. The molecule has 0 aliphatic rings. The van der Waals surface area contributed by atoms with Gasteiger partial charge in [0.1, 0.15) is 6.61 Å². The standard InChI is InChI=1S/C20H20N2O2/c1-14-15(2)21-22(16(14)3)19-11-7-10-18(12-19)20(23)24-13-17-8-5-4-6-9-17/h4-12H,13H2,1-3H3. The number of rotatable bonds is 4. The Morgan fingerprint density at radius 2 is 1.79 bits per heavy atom. The van der Waals surface area contributed by atoms with Crippen LogP contribution in [0.4, 0.5) is 0 Å². The van der Waals surface area contributed by atoms with Crippen molar-refractivity contribution in [1.29, 1.82) is 0 Å². The van der Waals surface area contributed by atoms with E-state index in [1.165, 1.54) is 0 Å². The van der Waals surface area contributed by atoms with E-state index in [-0.39, 0.29) is 12.6 Å². The number of hydrogen-bond acceptors (Lipinski definition) is 3.